The van der Waals surface area contributed by atoms with Crippen LogP contribution in [0, 0.1) is 16.7 Å². The number of nitrogens with zero attached hydrogens (tertiary/aromatic N) is 3. The van der Waals surface area contributed by atoms with Gasteiger partial charge in [-0.1, -0.05) is 34.1 Å². The minimum absolute atomic E-state index is 0.0764. The Balaban J connectivity index is 2.60. The van der Waals surface area contributed by atoms with Crippen LogP contribution in [-0.4, -0.2) is 55.6 Å². The first-order valence-corrected chi connectivity index (χ1v) is 8.92. The molecule has 0 amide bonds. The van der Waals surface area contributed by atoms with Gasteiger partial charge in [0, 0.05) is 26.2 Å². The Labute approximate surface area is 123 Å². The molecule has 0 N–H and O–H groups in total. The van der Waals surface area contributed by atoms with Crippen LogP contribution < -0.4 is 0 Å². The van der Waals surface area contributed by atoms with Gasteiger partial charge in [-0.25, -0.2) is 8.42 Å². The standard InChI is InChI=1S/C14H27N3O2S/c1-5-6-13(11-15)16-7-9-17(10-8-16)20(18,19)12-14(2,3)4/h13H,5-10,12H2,1-4H3. The van der Waals surface area contributed by atoms with E-state index in [4.69, 9.17) is 5.26 Å². The summed E-state index contributed by atoms with van der Waals surface area (Å²) in [5.74, 6) is 0.177. The molecule has 5 nitrogen and oxygen atoms in total. The van der Waals surface area contributed by atoms with Crippen LogP contribution in [0.25, 0.3) is 0 Å². The Bertz CT molecular complexity index is 440. The highest BCUT2D eigenvalue weighted by molar-refractivity contribution is 7.89. The number of nitriles is 1. The van der Waals surface area contributed by atoms with Crippen LogP contribution >= 0.6 is 0 Å². The summed E-state index contributed by atoms with van der Waals surface area (Å²) in [6, 6.07) is 2.25. The zero-order valence-corrected chi connectivity index (χ0v) is 13.9. The van der Waals surface area contributed by atoms with Crippen molar-refractivity contribution in [3.63, 3.8) is 0 Å². The molecule has 1 heterocycles. The Kier molecular flexibility index (Phi) is 5.99. The third-order valence-electron chi connectivity index (χ3n) is 3.43. The molecule has 1 aliphatic rings. The zero-order chi connectivity index (χ0) is 15.4. The highest BCUT2D eigenvalue weighted by atomic mass is 32.2. The molecule has 1 fully saturated rings. The minimum atomic E-state index is -3.19. The molecule has 0 bridgehead atoms. The number of sulfonamides is 1. The van der Waals surface area contributed by atoms with Crippen molar-refractivity contribution in [2.24, 2.45) is 5.41 Å². The summed E-state index contributed by atoms with van der Waals surface area (Å²) in [5, 5.41) is 9.16. The number of piperazine rings is 1. The third kappa shape index (κ3) is 5.04. The van der Waals surface area contributed by atoms with Gasteiger partial charge in [-0.05, 0) is 11.8 Å². The summed E-state index contributed by atoms with van der Waals surface area (Å²) < 4.78 is 26.2. The van der Waals surface area contributed by atoms with Crippen molar-refractivity contribution in [3.8, 4) is 6.07 Å². The minimum Gasteiger partial charge on any atom is -0.285 e. The van der Waals surface area contributed by atoms with E-state index in [1.807, 2.05) is 20.8 Å². The molecule has 0 aromatic carbocycles. The first-order valence-electron chi connectivity index (χ1n) is 7.31. The highest BCUT2D eigenvalue weighted by Crippen LogP contribution is 2.20. The van der Waals surface area contributed by atoms with Crippen molar-refractivity contribution in [2.45, 2.75) is 46.6 Å². The van der Waals surface area contributed by atoms with Gasteiger partial charge in [0.25, 0.3) is 0 Å². The molecule has 1 saturated heterocycles. The molecule has 0 radical (unpaired) electrons. The van der Waals surface area contributed by atoms with Crippen molar-refractivity contribution in [1.29, 1.82) is 5.26 Å². The zero-order valence-electron chi connectivity index (χ0n) is 13.1. The van der Waals surface area contributed by atoms with Crippen LogP contribution in [0.5, 0.6) is 0 Å². The fraction of sp³-hybridized carbons (Fsp3) is 0.929. The summed E-state index contributed by atoms with van der Waals surface area (Å²) >= 11 is 0. The molecule has 1 unspecified atom stereocenters. The maximum Gasteiger partial charge on any atom is 0.214 e. The smallest absolute Gasteiger partial charge is 0.214 e. The van der Waals surface area contributed by atoms with Crippen LogP contribution in [-0.2, 0) is 10.0 Å². The lowest BCUT2D eigenvalue weighted by molar-refractivity contribution is 0.156. The molecule has 0 aromatic rings. The molecule has 1 atom stereocenters. The molecule has 0 spiro atoms. The molecule has 0 aromatic heterocycles. The Hall–Kier alpha value is -0.640. The van der Waals surface area contributed by atoms with E-state index in [-0.39, 0.29) is 17.2 Å². The molecular formula is C14H27N3O2S. The van der Waals surface area contributed by atoms with Crippen LogP contribution in [0.1, 0.15) is 40.5 Å². The summed E-state index contributed by atoms with van der Waals surface area (Å²) in [7, 11) is -3.19. The predicted octanol–water partition coefficient (Wildman–Crippen LogP) is 1.67. The monoisotopic (exact) mass is 301 g/mol. The molecule has 0 aliphatic carbocycles. The molecule has 0 saturated carbocycles. The van der Waals surface area contributed by atoms with Gasteiger partial charge in [0.1, 0.15) is 0 Å². The van der Waals surface area contributed by atoms with Gasteiger partial charge in [0.2, 0.25) is 10.0 Å². The normalized spacial score (nSPS) is 20.6. The van der Waals surface area contributed by atoms with Crippen LogP contribution in [0.2, 0.25) is 0 Å². The number of rotatable bonds is 5. The molecule has 1 rings (SSSR count). The summed E-state index contributed by atoms with van der Waals surface area (Å²) in [6.45, 7) is 10.2. The van der Waals surface area contributed by atoms with Crippen LogP contribution in [0.4, 0.5) is 0 Å². The maximum atomic E-state index is 12.3. The first kappa shape index (κ1) is 17.4. The quantitative estimate of drug-likeness (QED) is 0.775. The lowest BCUT2D eigenvalue weighted by atomic mass is 10.0. The molecule has 6 heteroatoms. The first-order chi connectivity index (χ1) is 9.19. The predicted molar refractivity (Wildman–Crippen MR) is 80.7 cm³/mol. The highest BCUT2D eigenvalue weighted by Gasteiger charge is 2.32. The largest absolute Gasteiger partial charge is 0.285 e. The second kappa shape index (κ2) is 6.88. The van der Waals surface area contributed by atoms with Gasteiger partial charge < -0.3 is 0 Å². The lowest BCUT2D eigenvalue weighted by Crippen LogP contribution is -2.52. The second-order valence-electron chi connectivity index (χ2n) is 6.69. The van der Waals surface area contributed by atoms with E-state index in [1.165, 1.54) is 0 Å². The van der Waals surface area contributed by atoms with Crippen molar-refractivity contribution in [2.75, 3.05) is 31.9 Å². The van der Waals surface area contributed by atoms with Gasteiger partial charge in [-0.2, -0.15) is 9.57 Å². The van der Waals surface area contributed by atoms with Crippen LogP contribution in [0.3, 0.4) is 0 Å². The Morgan fingerprint density at radius 2 is 1.75 bits per heavy atom. The second-order valence-corrected chi connectivity index (χ2v) is 8.65. The van der Waals surface area contributed by atoms with E-state index in [9.17, 15) is 8.42 Å². The summed E-state index contributed by atoms with van der Waals surface area (Å²) in [6.07, 6.45) is 1.83. The summed E-state index contributed by atoms with van der Waals surface area (Å²) in [4.78, 5) is 2.10. The maximum absolute atomic E-state index is 12.3. The van der Waals surface area contributed by atoms with Crippen molar-refractivity contribution < 1.29 is 8.42 Å². The SMILES string of the molecule is CCCC(C#N)N1CCN(S(=O)(=O)CC(C)(C)C)CC1. The lowest BCUT2D eigenvalue weighted by Gasteiger charge is -2.37. The Morgan fingerprint density at radius 1 is 1.20 bits per heavy atom. The van der Waals surface area contributed by atoms with Gasteiger partial charge in [-0.3, -0.25) is 4.90 Å². The van der Waals surface area contributed by atoms with E-state index in [1.54, 1.807) is 4.31 Å². The van der Waals surface area contributed by atoms with E-state index in [0.29, 0.717) is 26.2 Å². The number of hydrogen-bond acceptors (Lipinski definition) is 4. The van der Waals surface area contributed by atoms with E-state index >= 15 is 0 Å². The van der Waals surface area contributed by atoms with Gasteiger partial charge in [-0.15, -0.1) is 0 Å². The molecular weight excluding hydrogens is 274 g/mol. The summed E-state index contributed by atoms with van der Waals surface area (Å²) in [5.41, 5.74) is -0.229. The third-order valence-corrected chi connectivity index (χ3v) is 5.82. The van der Waals surface area contributed by atoms with Crippen LogP contribution in [0.15, 0.2) is 0 Å². The average Bonchev–Trinajstić information content (AvgIpc) is 2.33. The van der Waals surface area contributed by atoms with E-state index < -0.39 is 10.0 Å². The van der Waals surface area contributed by atoms with Gasteiger partial charge in [0.15, 0.2) is 0 Å². The molecule has 1 aliphatic heterocycles. The molecule has 116 valence electrons. The van der Waals surface area contributed by atoms with Crippen molar-refractivity contribution in [3.05, 3.63) is 0 Å². The fourth-order valence-electron chi connectivity index (χ4n) is 2.53. The van der Waals surface area contributed by atoms with E-state index in [2.05, 4.69) is 17.9 Å². The van der Waals surface area contributed by atoms with Crippen molar-refractivity contribution in [1.82, 2.24) is 9.21 Å². The topological polar surface area (TPSA) is 64.4 Å². The molecule has 20 heavy (non-hydrogen) atoms. The Morgan fingerprint density at radius 3 is 2.15 bits per heavy atom. The van der Waals surface area contributed by atoms with Crippen molar-refractivity contribution >= 4 is 10.0 Å². The number of hydrogen-bond donors (Lipinski definition) is 0. The van der Waals surface area contributed by atoms with Gasteiger partial charge in [0.05, 0.1) is 17.9 Å². The van der Waals surface area contributed by atoms with E-state index in [0.717, 1.165) is 12.8 Å². The van der Waals surface area contributed by atoms with Gasteiger partial charge >= 0.3 is 0 Å². The fourth-order valence-corrected chi connectivity index (χ4v) is 4.53. The average molecular weight is 301 g/mol.